The molecule has 0 radical (unpaired) electrons. The molecule has 1 aliphatic heterocycles. The Balaban J connectivity index is 1.98. The van der Waals surface area contributed by atoms with Crippen molar-refractivity contribution in [3.8, 4) is 11.8 Å². The van der Waals surface area contributed by atoms with Gasteiger partial charge in [-0.1, -0.05) is 31.5 Å². The Labute approximate surface area is 173 Å². The summed E-state index contributed by atoms with van der Waals surface area (Å²) in [5.41, 5.74) is 4.72. The largest absolute Gasteiger partial charge is 0.496 e. The molecule has 6 heteroatoms. The van der Waals surface area contributed by atoms with Gasteiger partial charge in [-0.3, -0.25) is 0 Å². The number of hydrogen-bond acceptors (Lipinski definition) is 6. The summed E-state index contributed by atoms with van der Waals surface area (Å²) in [5.74, 6) is 1.46. The molecule has 1 aromatic carbocycles. The van der Waals surface area contributed by atoms with Crippen molar-refractivity contribution in [2.45, 2.75) is 51.9 Å². The van der Waals surface area contributed by atoms with Gasteiger partial charge in [-0.05, 0) is 44.2 Å². The van der Waals surface area contributed by atoms with Gasteiger partial charge in [0.1, 0.15) is 17.4 Å². The predicted molar refractivity (Wildman–Crippen MR) is 113 cm³/mol. The highest BCUT2D eigenvalue weighted by molar-refractivity contribution is 5.57. The van der Waals surface area contributed by atoms with E-state index in [1.165, 1.54) is 11.1 Å². The number of nitriles is 1. The zero-order chi connectivity index (χ0) is 20.9. The van der Waals surface area contributed by atoms with Crippen molar-refractivity contribution in [2.24, 2.45) is 0 Å². The molecule has 2 aromatic rings. The lowest BCUT2D eigenvalue weighted by Gasteiger charge is -2.39. The van der Waals surface area contributed by atoms with E-state index in [1.807, 2.05) is 13.0 Å². The fourth-order valence-corrected chi connectivity index (χ4v) is 4.21. The quantitative estimate of drug-likeness (QED) is 0.766. The second-order valence-electron chi connectivity index (χ2n) is 7.62. The molecule has 0 amide bonds. The fraction of sp³-hybridized carbons (Fsp3) is 0.522. The van der Waals surface area contributed by atoms with E-state index in [1.54, 1.807) is 7.11 Å². The molecule has 1 fully saturated rings. The maximum Gasteiger partial charge on any atom is 0.166 e. The first-order valence-electron chi connectivity index (χ1n) is 10.3. The molecule has 0 aliphatic carbocycles. The maximum absolute atomic E-state index is 9.79. The van der Waals surface area contributed by atoms with Gasteiger partial charge >= 0.3 is 0 Å². The molecule has 1 aromatic heterocycles. The normalized spacial score (nSPS) is 15.6. The number of nitrogens with one attached hydrogen (secondary N) is 1. The topological polar surface area (TPSA) is 80.1 Å². The Morgan fingerprint density at radius 1 is 1.21 bits per heavy atom. The third kappa shape index (κ3) is 4.20. The minimum Gasteiger partial charge on any atom is -0.496 e. The van der Waals surface area contributed by atoms with Crippen LogP contribution in [0.15, 0.2) is 18.2 Å². The lowest BCUT2D eigenvalue weighted by Crippen LogP contribution is -2.40. The zero-order valence-electron chi connectivity index (χ0n) is 17.8. The van der Waals surface area contributed by atoms with Gasteiger partial charge in [-0.15, -0.1) is 5.10 Å². The van der Waals surface area contributed by atoms with Gasteiger partial charge in [0, 0.05) is 30.7 Å². The van der Waals surface area contributed by atoms with Crippen molar-refractivity contribution >= 4 is 5.82 Å². The SMILES string of the molecule is CCc1nnc(NCC2(c3cc(C)ccc3OC)CCOCC2)c(C#N)c1CC. The van der Waals surface area contributed by atoms with Crippen molar-refractivity contribution < 1.29 is 9.47 Å². The molecule has 1 N–H and O–H groups in total. The van der Waals surface area contributed by atoms with Crippen LogP contribution in [0.3, 0.4) is 0 Å². The third-order valence-corrected chi connectivity index (χ3v) is 5.93. The standard InChI is InChI=1S/C23H30N4O2/c1-5-17-18(14-24)22(27-26-20(17)6-2)25-15-23(9-11-29-12-10-23)19-13-16(3)7-8-21(19)28-4/h7-8,13H,5-6,9-12,15H2,1-4H3,(H,25,27). The van der Waals surface area contributed by atoms with Crippen LogP contribution in [-0.4, -0.2) is 37.1 Å². The molecular formula is C23H30N4O2. The van der Waals surface area contributed by atoms with Gasteiger partial charge in [0.25, 0.3) is 0 Å². The van der Waals surface area contributed by atoms with Crippen LogP contribution in [-0.2, 0) is 23.0 Å². The first kappa shape index (κ1) is 21.1. The lowest BCUT2D eigenvalue weighted by molar-refractivity contribution is 0.0535. The van der Waals surface area contributed by atoms with Crippen molar-refractivity contribution in [1.29, 1.82) is 5.26 Å². The van der Waals surface area contributed by atoms with Crippen LogP contribution >= 0.6 is 0 Å². The van der Waals surface area contributed by atoms with Gasteiger partial charge in [-0.2, -0.15) is 10.4 Å². The Kier molecular flexibility index (Phi) is 6.71. The van der Waals surface area contributed by atoms with Crippen molar-refractivity contribution in [2.75, 3.05) is 32.2 Å². The van der Waals surface area contributed by atoms with Crippen LogP contribution in [0.4, 0.5) is 5.82 Å². The molecule has 0 atom stereocenters. The van der Waals surface area contributed by atoms with Crippen LogP contribution in [0.25, 0.3) is 0 Å². The van der Waals surface area contributed by atoms with E-state index in [2.05, 4.69) is 47.6 Å². The van der Waals surface area contributed by atoms with Crippen LogP contribution in [0.5, 0.6) is 5.75 Å². The van der Waals surface area contributed by atoms with Gasteiger partial charge < -0.3 is 14.8 Å². The molecule has 3 rings (SSSR count). The summed E-state index contributed by atoms with van der Waals surface area (Å²) in [7, 11) is 1.71. The molecule has 0 saturated carbocycles. The highest BCUT2D eigenvalue weighted by atomic mass is 16.5. The highest BCUT2D eigenvalue weighted by Gasteiger charge is 2.37. The summed E-state index contributed by atoms with van der Waals surface area (Å²) >= 11 is 0. The number of ether oxygens (including phenoxy) is 2. The van der Waals surface area contributed by atoms with E-state index in [0.29, 0.717) is 31.1 Å². The van der Waals surface area contributed by atoms with E-state index < -0.39 is 0 Å². The molecular weight excluding hydrogens is 364 g/mol. The number of hydrogen-bond donors (Lipinski definition) is 1. The van der Waals surface area contributed by atoms with E-state index in [0.717, 1.165) is 42.7 Å². The molecule has 154 valence electrons. The Morgan fingerprint density at radius 3 is 2.59 bits per heavy atom. The predicted octanol–water partition coefficient (Wildman–Crippen LogP) is 3.95. The average molecular weight is 395 g/mol. The Bertz CT molecular complexity index is 898. The first-order valence-corrected chi connectivity index (χ1v) is 10.3. The van der Waals surface area contributed by atoms with E-state index >= 15 is 0 Å². The zero-order valence-corrected chi connectivity index (χ0v) is 17.8. The number of methoxy groups -OCH3 is 1. The van der Waals surface area contributed by atoms with E-state index in [9.17, 15) is 5.26 Å². The average Bonchev–Trinajstić information content (AvgIpc) is 2.77. The third-order valence-electron chi connectivity index (χ3n) is 5.93. The summed E-state index contributed by atoms with van der Waals surface area (Å²) < 4.78 is 11.4. The number of nitrogens with zero attached hydrogens (tertiary/aromatic N) is 3. The van der Waals surface area contributed by atoms with Crippen LogP contribution < -0.4 is 10.1 Å². The monoisotopic (exact) mass is 394 g/mol. The minimum atomic E-state index is -0.153. The lowest BCUT2D eigenvalue weighted by atomic mass is 9.73. The van der Waals surface area contributed by atoms with Crippen molar-refractivity contribution in [3.05, 3.63) is 46.1 Å². The summed E-state index contributed by atoms with van der Waals surface area (Å²) in [5, 5.41) is 22.0. The number of aryl methyl sites for hydroxylation is 2. The number of rotatable bonds is 7. The minimum absolute atomic E-state index is 0.153. The molecule has 29 heavy (non-hydrogen) atoms. The Morgan fingerprint density at radius 2 is 1.97 bits per heavy atom. The van der Waals surface area contributed by atoms with Gasteiger partial charge in [0.05, 0.1) is 12.8 Å². The molecule has 0 spiro atoms. The number of anilines is 1. The smallest absolute Gasteiger partial charge is 0.166 e. The molecule has 0 bridgehead atoms. The number of aromatic nitrogens is 2. The molecule has 1 saturated heterocycles. The fourth-order valence-electron chi connectivity index (χ4n) is 4.21. The summed E-state index contributed by atoms with van der Waals surface area (Å²) in [6.45, 7) is 8.24. The highest BCUT2D eigenvalue weighted by Crippen LogP contribution is 2.40. The summed E-state index contributed by atoms with van der Waals surface area (Å²) in [6, 6.07) is 8.66. The second-order valence-corrected chi connectivity index (χ2v) is 7.62. The van der Waals surface area contributed by atoms with Gasteiger partial charge in [0.2, 0.25) is 0 Å². The first-order chi connectivity index (χ1) is 14.1. The van der Waals surface area contributed by atoms with E-state index in [-0.39, 0.29) is 5.41 Å². The molecule has 1 aliphatic rings. The van der Waals surface area contributed by atoms with Crippen LogP contribution in [0.2, 0.25) is 0 Å². The van der Waals surface area contributed by atoms with Crippen LogP contribution in [0.1, 0.15) is 54.6 Å². The van der Waals surface area contributed by atoms with Crippen molar-refractivity contribution in [1.82, 2.24) is 10.2 Å². The maximum atomic E-state index is 9.79. The van der Waals surface area contributed by atoms with E-state index in [4.69, 9.17) is 9.47 Å². The van der Waals surface area contributed by atoms with Crippen LogP contribution in [0, 0.1) is 18.3 Å². The number of benzene rings is 1. The van der Waals surface area contributed by atoms with Crippen molar-refractivity contribution in [3.63, 3.8) is 0 Å². The molecule has 0 unspecified atom stereocenters. The van der Waals surface area contributed by atoms with Gasteiger partial charge in [-0.25, -0.2) is 0 Å². The molecule has 2 heterocycles. The Hall–Kier alpha value is -2.65. The molecule has 6 nitrogen and oxygen atoms in total. The van der Waals surface area contributed by atoms with Gasteiger partial charge in [0.15, 0.2) is 5.82 Å². The summed E-state index contributed by atoms with van der Waals surface area (Å²) in [6.07, 6.45) is 3.29. The summed E-state index contributed by atoms with van der Waals surface area (Å²) in [4.78, 5) is 0. The second kappa shape index (κ2) is 9.23.